The zero-order valence-electron chi connectivity index (χ0n) is 12.1. The van der Waals surface area contributed by atoms with E-state index in [1.165, 1.54) is 30.6 Å². The van der Waals surface area contributed by atoms with Crippen LogP contribution in [0.5, 0.6) is 0 Å². The number of rotatable bonds is 6. The molecule has 1 aromatic heterocycles. The summed E-state index contributed by atoms with van der Waals surface area (Å²) in [4.78, 5) is 28.2. The Balaban J connectivity index is 2.25. The summed E-state index contributed by atoms with van der Waals surface area (Å²) in [7, 11) is 0. The Hall–Kier alpha value is -2.83. The summed E-state index contributed by atoms with van der Waals surface area (Å²) in [6.07, 6.45) is 2.52. The van der Waals surface area contributed by atoms with Crippen molar-refractivity contribution >= 4 is 11.9 Å². The van der Waals surface area contributed by atoms with Gasteiger partial charge in [0.2, 0.25) is 0 Å². The van der Waals surface area contributed by atoms with Gasteiger partial charge in [0.15, 0.2) is 11.6 Å². The molecule has 5 nitrogen and oxygen atoms in total. The first-order valence-electron chi connectivity index (χ1n) is 6.83. The Labute approximate surface area is 131 Å². The molecule has 0 saturated carbocycles. The number of aliphatic carboxylic acids is 1. The van der Waals surface area contributed by atoms with Crippen molar-refractivity contribution in [1.82, 2.24) is 9.88 Å². The van der Waals surface area contributed by atoms with Crippen LogP contribution < -0.4 is 0 Å². The quantitative estimate of drug-likeness (QED) is 0.887. The lowest BCUT2D eigenvalue weighted by atomic mass is 10.1. The smallest absolute Gasteiger partial charge is 0.305 e. The molecule has 0 unspecified atom stereocenters. The summed E-state index contributed by atoms with van der Waals surface area (Å²) in [5.74, 6) is -3.65. The Morgan fingerprint density at radius 1 is 1.17 bits per heavy atom. The number of carboxylic acid groups (broad SMARTS) is 1. The summed E-state index contributed by atoms with van der Waals surface area (Å²) < 4.78 is 27.1. The molecule has 0 spiro atoms. The van der Waals surface area contributed by atoms with Gasteiger partial charge in [0.05, 0.1) is 12.0 Å². The SMILES string of the molecule is O=C(O)CCN(Cc1cccc(F)c1F)C(=O)c1cccnc1. The van der Waals surface area contributed by atoms with E-state index >= 15 is 0 Å². The highest BCUT2D eigenvalue weighted by atomic mass is 19.2. The van der Waals surface area contributed by atoms with Gasteiger partial charge < -0.3 is 10.0 Å². The number of pyridine rings is 1. The molecule has 23 heavy (non-hydrogen) atoms. The number of hydrogen-bond donors (Lipinski definition) is 1. The highest BCUT2D eigenvalue weighted by molar-refractivity contribution is 5.94. The van der Waals surface area contributed by atoms with Crippen molar-refractivity contribution in [2.24, 2.45) is 0 Å². The largest absolute Gasteiger partial charge is 0.481 e. The second kappa shape index (κ2) is 7.44. The Kier molecular flexibility index (Phi) is 5.35. The van der Waals surface area contributed by atoms with Crippen LogP contribution in [-0.4, -0.2) is 33.4 Å². The number of carboxylic acids is 1. The van der Waals surface area contributed by atoms with Gasteiger partial charge in [0.1, 0.15) is 0 Å². The summed E-state index contributed by atoms with van der Waals surface area (Å²) >= 11 is 0. The molecule has 0 bridgehead atoms. The third kappa shape index (κ3) is 4.32. The second-order valence-electron chi connectivity index (χ2n) is 4.83. The molecule has 1 amide bonds. The van der Waals surface area contributed by atoms with Crippen LogP contribution in [0.1, 0.15) is 22.3 Å². The van der Waals surface area contributed by atoms with E-state index in [1.807, 2.05) is 0 Å². The number of hydrogen-bond acceptors (Lipinski definition) is 3. The summed E-state index contributed by atoms with van der Waals surface area (Å²) in [5.41, 5.74) is 0.224. The maximum absolute atomic E-state index is 13.8. The molecule has 7 heteroatoms. The van der Waals surface area contributed by atoms with Gasteiger partial charge in [-0.3, -0.25) is 14.6 Å². The van der Waals surface area contributed by atoms with Gasteiger partial charge in [-0.15, -0.1) is 0 Å². The predicted octanol–water partition coefficient (Wildman–Crippen LogP) is 2.48. The van der Waals surface area contributed by atoms with E-state index in [0.29, 0.717) is 0 Å². The fourth-order valence-corrected chi connectivity index (χ4v) is 2.03. The lowest BCUT2D eigenvalue weighted by Gasteiger charge is -2.22. The van der Waals surface area contributed by atoms with E-state index in [0.717, 1.165) is 11.0 Å². The number of amides is 1. The normalized spacial score (nSPS) is 10.3. The van der Waals surface area contributed by atoms with Crippen molar-refractivity contribution in [2.75, 3.05) is 6.54 Å². The molecule has 1 aromatic carbocycles. The van der Waals surface area contributed by atoms with Gasteiger partial charge in [0, 0.05) is 31.0 Å². The van der Waals surface area contributed by atoms with E-state index in [9.17, 15) is 18.4 Å². The molecule has 1 heterocycles. The Morgan fingerprint density at radius 3 is 2.61 bits per heavy atom. The van der Waals surface area contributed by atoms with Crippen LogP contribution in [0.3, 0.4) is 0 Å². The highest BCUT2D eigenvalue weighted by Gasteiger charge is 2.19. The van der Waals surface area contributed by atoms with Crippen LogP contribution in [0.4, 0.5) is 8.78 Å². The fourth-order valence-electron chi connectivity index (χ4n) is 2.03. The van der Waals surface area contributed by atoms with Gasteiger partial charge >= 0.3 is 5.97 Å². The van der Waals surface area contributed by atoms with E-state index < -0.39 is 23.5 Å². The lowest BCUT2D eigenvalue weighted by Crippen LogP contribution is -2.33. The zero-order valence-corrected chi connectivity index (χ0v) is 12.1. The van der Waals surface area contributed by atoms with Crippen LogP contribution >= 0.6 is 0 Å². The van der Waals surface area contributed by atoms with E-state index in [1.54, 1.807) is 6.07 Å². The average Bonchev–Trinajstić information content (AvgIpc) is 2.55. The monoisotopic (exact) mass is 320 g/mol. The molecule has 120 valence electrons. The first kappa shape index (κ1) is 16.5. The Bertz CT molecular complexity index is 708. The van der Waals surface area contributed by atoms with E-state index in [4.69, 9.17) is 5.11 Å². The van der Waals surface area contributed by atoms with E-state index in [-0.39, 0.29) is 30.6 Å². The minimum atomic E-state index is -1.09. The van der Waals surface area contributed by atoms with Crippen molar-refractivity contribution < 1.29 is 23.5 Å². The third-order valence-corrected chi connectivity index (χ3v) is 3.18. The molecule has 0 atom stereocenters. The minimum absolute atomic E-state index is 0.0207. The number of carbonyl (C=O) groups excluding carboxylic acids is 1. The van der Waals surface area contributed by atoms with Gasteiger partial charge in [0.25, 0.3) is 5.91 Å². The summed E-state index contributed by atoms with van der Waals surface area (Å²) in [6, 6.07) is 6.74. The molecule has 2 aromatic rings. The fraction of sp³-hybridized carbons (Fsp3) is 0.188. The first-order chi connectivity index (χ1) is 11.0. The minimum Gasteiger partial charge on any atom is -0.481 e. The number of nitrogens with zero attached hydrogens (tertiary/aromatic N) is 2. The van der Waals surface area contributed by atoms with Crippen LogP contribution in [-0.2, 0) is 11.3 Å². The van der Waals surface area contributed by atoms with E-state index in [2.05, 4.69) is 4.98 Å². The molecule has 0 fully saturated rings. The van der Waals surface area contributed by atoms with Crippen LogP contribution in [0.15, 0.2) is 42.7 Å². The van der Waals surface area contributed by atoms with Crippen LogP contribution in [0.2, 0.25) is 0 Å². The van der Waals surface area contributed by atoms with Crippen molar-refractivity contribution in [3.8, 4) is 0 Å². The number of aromatic nitrogens is 1. The molecule has 0 saturated heterocycles. The number of carbonyl (C=O) groups is 2. The van der Waals surface area contributed by atoms with Crippen molar-refractivity contribution in [2.45, 2.75) is 13.0 Å². The molecule has 0 aliphatic heterocycles. The molecule has 2 rings (SSSR count). The second-order valence-corrected chi connectivity index (χ2v) is 4.83. The Morgan fingerprint density at radius 2 is 1.96 bits per heavy atom. The third-order valence-electron chi connectivity index (χ3n) is 3.18. The average molecular weight is 320 g/mol. The van der Waals surface area contributed by atoms with Crippen molar-refractivity contribution in [1.29, 1.82) is 0 Å². The van der Waals surface area contributed by atoms with Crippen molar-refractivity contribution in [3.63, 3.8) is 0 Å². The van der Waals surface area contributed by atoms with Gasteiger partial charge in [-0.2, -0.15) is 0 Å². The van der Waals surface area contributed by atoms with Crippen molar-refractivity contribution in [3.05, 3.63) is 65.5 Å². The molecule has 0 radical (unpaired) electrons. The topological polar surface area (TPSA) is 70.5 Å². The van der Waals surface area contributed by atoms with Gasteiger partial charge in [-0.05, 0) is 18.2 Å². The highest BCUT2D eigenvalue weighted by Crippen LogP contribution is 2.16. The van der Waals surface area contributed by atoms with Gasteiger partial charge in [-0.1, -0.05) is 12.1 Å². The first-order valence-corrected chi connectivity index (χ1v) is 6.83. The van der Waals surface area contributed by atoms with Gasteiger partial charge in [-0.25, -0.2) is 8.78 Å². The lowest BCUT2D eigenvalue weighted by molar-refractivity contribution is -0.137. The number of benzene rings is 1. The summed E-state index contributed by atoms with van der Waals surface area (Å²) in [6.45, 7) is -0.358. The number of halogens is 2. The van der Waals surface area contributed by atoms with Crippen LogP contribution in [0.25, 0.3) is 0 Å². The maximum Gasteiger partial charge on any atom is 0.305 e. The molecular weight excluding hydrogens is 306 g/mol. The zero-order chi connectivity index (χ0) is 16.8. The molecule has 0 aliphatic carbocycles. The predicted molar refractivity (Wildman–Crippen MR) is 77.6 cm³/mol. The molecule has 1 N–H and O–H groups in total. The van der Waals surface area contributed by atoms with Crippen LogP contribution in [0, 0.1) is 11.6 Å². The summed E-state index contributed by atoms with van der Waals surface area (Å²) in [5, 5.41) is 8.80. The molecule has 0 aliphatic rings. The molecular formula is C16H14F2N2O3. The standard InChI is InChI=1S/C16H14F2N2O3/c17-13-5-1-3-12(15(13)18)10-20(8-6-14(21)22)16(23)11-4-2-7-19-9-11/h1-5,7,9H,6,8,10H2,(H,21,22). The maximum atomic E-state index is 13.8.